The van der Waals surface area contributed by atoms with E-state index in [1.807, 2.05) is 17.0 Å². The van der Waals surface area contributed by atoms with Gasteiger partial charge in [0.05, 0.1) is 5.56 Å². The molecule has 1 heterocycles. The van der Waals surface area contributed by atoms with E-state index in [2.05, 4.69) is 15.5 Å². The van der Waals surface area contributed by atoms with E-state index in [1.165, 1.54) is 18.6 Å². The number of anilines is 3. The van der Waals surface area contributed by atoms with Gasteiger partial charge in [0.1, 0.15) is 0 Å². The molecule has 34 heavy (non-hydrogen) atoms. The van der Waals surface area contributed by atoms with Gasteiger partial charge in [0, 0.05) is 49.2 Å². The predicted molar refractivity (Wildman–Crippen MR) is 126 cm³/mol. The van der Waals surface area contributed by atoms with Crippen molar-refractivity contribution in [2.75, 3.05) is 41.7 Å². The molecule has 0 unspecified atom stereocenters. The Bertz CT molecular complexity index is 996. The van der Waals surface area contributed by atoms with Crippen molar-refractivity contribution < 1.29 is 22.8 Å². The summed E-state index contributed by atoms with van der Waals surface area (Å²) in [7, 11) is 0. The molecule has 2 aromatic carbocycles. The standard InChI is InChI=1S/C25H29F3N4O2/c26-25(27,28)19-7-4-8-21(17-19)30-24(34)29-20-9-11-22(12-10-20)31-13-15-32(16-14-31)23(33)18-5-2-1-3-6-18/h4,7-12,17-18H,1-3,5-6,13-16H2,(H2,29,30,34). The van der Waals surface area contributed by atoms with Crippen molar-refractivity contribution in [1.82, 2.24) is 4.90 Å². The number of carbonyl (C=O) groups excluding carboxylic acids is 2. The summed E-state index contributed by atoms with van der Waals surface area (Å²) >= 11 is 0. The summed E-state index contributed by atoms with van der Waals surface area (Å²) in [6.07, 6.45) is 1.07. The van der Waals surface area contributed by atoms with Crippen molar-refractivity contribution in [3.8, 4) is 0 Å². The number of nitrogens with zero attached hydrogens (tertiary/aromatic N) is 2. The summed E-state index contributed by atoms with van der Waals surface area (Å²) in [6, 6.07) is 11.1. The Morgan fingerprint density at radius 3 is 2.12 bits per heavy atom. The lowest BCUT2D eigenvalue weighted by molar-refractivity contribution is -0.138. The van der Waals surface area contributed by atoms with E-state index in [9.17, 15) is 22.8 Å². The first-order chi connectivity index (χ1) is 16.3. The molecule has 2 aliphatic rings. The number of benzene rings is 2. The fourth-order valence-electron chi connectivity index (χ4n) is 4.62. The highest BCUT2D eigenvalue weighted by molar-refractivity contribution is 5.99. The summed E-state index contributed by atoms with van der Waals surface area (Å²) < 4.78 is 38.5. The molecule has 3 amide bonds. The maximum Gasteiger partial charge on any atom is 0.416 e. The number of piperazine rings is 1. The highest BCUT2D eigenvalue weighted by Gasteiger charge is 2.31. The molecule has 0 aromatic heterocycles. The Balaban J connectivity index is 1.27. The number of nitrogens with one attached hydrogen (secondary N) is 2. The lowest BCUT2D eigenvalue weighted by atomic mass is 9.88. The van der Waals surface area contributed by atoms with E-state index in [-0.39, 0.29) is 11.6 Å². The second-order valence-corrected chi connectivity index (χ2v) is 8.85. The minimum absolute atomic E-state index is 0.0598. The molecular weight excluding hydrogens is 445 g/mol. The highest BCUT2D eigenvalue weighted by Crippen LogP contribution is 2.31. The number of halogens is 3. The van der Waals surface area contributed by atoms with E-state index in [0.29, 0.717) is 24.7 Å². The van der Waals surface area contributed by atoms with Crippen LogP contribution in [0.15, 0.2) is 48.5 Å². The molecular formula is C25H29F3N4O2. The molecule has 0 bridgehead atoms. The third-order valence-corrected chi connectivity index (χ3v) is 6.48. The van der Waals surface area contributed by atoms with Crippen molar-refractivity contribution in [3.63, 3.8) is 0 Å². The van der Waals surface area contributed by atoms with Crippen molar-refractivity contribution in [3.05, 3.63) is 54.1 Å². The molecule has 182 valence electrons. The van der Waals surface area contributed by atoms with Gasteiger partial charge < -0.3 is 20.4 Å². The zero-order valence-corrected chi connectivity index (χ0v) is 18.9. The minimum atomic E-state index is -4.47. The van der Waals surface area contributed by atoms with Gasteiger partial charge >= 0.3 is 12.2 Å². The third-order valence-electron chi connectivity index (χ3n) is 6.48. The van der Waals surface area contributed by atoms with Gasteiger partial charge in [-0.2, -0.15) is 13.2 Å². The normalized spacial score (nSPS) is 17.4. The molecule has 2 aromatic rings. The Labute approximate surface area is 197 Å². The molecule has 1 saturated carbocycles. The topological polar surface area (TPSA) is 64.7 Å². The van der Waals surface area contributed by atoms with Crippen molar-refractivity contribution >= 4 is 29.0 Å². The van der Waals surface area contributed by atoms with E-state index in [0.717, 1.165) is 56.6 Å². The average Bonchev–Trinajstić information content (AvgIpc) is 2.84. The van der Waals surface area contributed by atoms with Gasteiger partial charge in [-0.25, -0.2) is 4.79 Å². The van der Waals surface area contributed by atoms with Gasteiger partial charge in [0.15, 0.2) is 0 Å². The van der Waals surface area contributed by atoms with E-state index in [1.54, 1.807) is 12.1 Å². The van der Waals surface area contributed by atoms with Crippen LogP contribution in [0, 0.1) is 5.92 Å². The van der Waals surface area contributed by atoms with E-state index in [4.69, 9.17) is 0 Å². The maximum absolute atomic E-state index is 12.8. The first-order valence-electron chi connectivity index (χ1n) is 11.7. The van der Waals surface area contributed by atoms with Crippen LogP contribution in [0.25, 0.3) is 0 Å². The first-order valence-corrected chi connectivity index (χ1v) is 11.7. The average molecular weight is 475 g/mol. The summed E-state index contributed by atoms with van der Waals surface area (Å²) in [5.41, 5.74) is 0.757. The molecule has 0 atom stereocenters. The molecule has 0 radical (unpaired) electrons. The number of hydrogen-bond acceptors (Lipinski definition) is 3. The number of alkyl halides is 3. The van der Waals surface area contributed by atoms with Crippen LogP contribution in [-0.4, -0.2) is 43.0 Å². The Hall–Kier alpha value is -3.23. The number of hydrogen-bond donors (Lipinski definition) is 2. The summed E-state index contributed by atoms with van der Waals surface area (Å²) in [6.45, 7) is 2.91. The SMILES string of the molecule is O=C(Nc1ccc(N2CCN(C(=O)C3CCCCC3)CC2)cc1)Nc1cccc(C(F)(F)F)c1. The van der Waals surface area contributed by atoms with Crippen LogP contribution < -0.4 is 15.5 Å². The molecule has 6 nitrogen and oxygen atoms in total. The van der Waals surface area contributed by atoms with Gasteiger partial charge in [-0.3, -0.25) is 4.79 Å². The fourth-order valence-corrected chi connectivity index (χ4v) is 4.62. The van der Waals surface area contributed by atoms with Crippen molar-refractivity contribution in [2.24, 2.45) is 5.92 Å². The first kappa shape index (κ1) is 23.9. The smallest absolute Gasteiger partial charge is 0.368 e. The molecule has 0 spiro atoms. The summed E-state index contributed by atoms with van der Waals surface area (Å²) in [5.74, 6) is 0.485. The summed E-state index contributed by atoms with van der Waals surface area (Å²) in [4.78, 5) is 29.1. The van der Waals surface area contributed by atoms with Gasteiger partial charge in [-0.05, 0) is 55.3 Å². The molecule has 2 N–H and O–H groups in total. The Morgan fingerprint density at radius 1 is 0.824 bits per heavy atom. The van der Waals surface area contributed by atoms with Crippen LogP contribution in [0.5, 0.6) is 0 Å². The van der Waals surface area contributed by atoms with Gasteiger partial charge in [0.2, 0.25) is 5.91 Å². The Kier molecular flexibility index (Phi) is 7.29. The highest BCUT2D eigenvalue weighted by atomic mass is 19.4. The lowest BCUT2D eigenvalue weighted by Gasteiger charge is -2.38. The quantitative estimate of drug-likeness (QED) is 0.608. The molecule has 1 saturated heterocycles. The molecule has 2 fully saturated rings. The van der Waals surface area contributed by atoms with Gasteiger partial charge in [-0.15, -0.1) is 0 Å². The number of rotatable bonds is 4. The lowest BCUT2D eigenvalue weighted by Crippen LogP contribution is -2.50. The Morgan fingerprint density at radius 2 is 1.47 bits per heavy atom. The van der Waals surface area contributed by atoms with Gasteiger partial charge in [-0.1, -0.05) is 25.3 Å². The predicted octanol–water partition coefficient (Wildman–Crippen LogP) is 5.58. The minimum Gasteiger partial charge on any atom is -0.368 e. The molecule has 1 aliphatic heterocycles. The van der Waals surface area contributed by atoms with Crippen LogP contribution in [-0.2, 0) is 11.0 Å². The van der Waals surface area contributed by atoms with E-state index >= 15 is 0 Å². The monoisotopic (exact) mass is 474 g/mol. The molecule has 4 rings (SSSR count). The molecule has 1 aliphatic carbocycles. The zero-order chi connectivity index (χ0) is 24.1. The second-order valence-electron chi connectivity index (χ2n) is 8.85. The van der Waals surface area contributed by atoms with E-state index < -0.39 is 17.8 Å². The number of urea groups is 1. The second kappa shape index (κ2) is 10.4. The van der Waals surface area contributed by atoms with Crippen molar-refractivity contribution in [1.29, 1.82) is 0 Å². The zero-order valence-electron chi connectivity index (χ0n) is 18.9. The van der Waals surface area contributed by atoms with Gasteiger partial charge in [0.25, 0.3) is 0 Å². The number of amides is 3. The maximum atomic E-state index is 12.8. The van der Waals surface area contributed by atoms with Crippen LogP contribution in [0.2, 0.25) is 0 Å². The van der Waals surface area contributed by atoms with Crippen LogP contribution in [0.4, 0.5) is 35.0 Å². The molecule has 9 heteroatoms. The summed E-state index contributed by atoms with van der Waals surface area (Å²) in [5, 5.41) is 5.06. The van der Waals surface area contributed by atoms with Crippen LogP contribution >= 0.6 is 0 Å². The van der Waals surface area contributed by atoms with Crippen LogP contribution in [0.3, 0.4) is 0 Å². The van der Waals surface area contributed by atoms with Crippen LogP contribution in [0.1, 0.15) is 37.7 Å². The largest absolute Gasteiger partial charge is 0.416 e. The number of carbonyl (C=O) groups is 2. The fraction of sp³-hybridized carbons (Fsp3) is 0.440. The van der Waals surface area contributed by atoms with Crippen molar-refractivity contribution in [2.45, 2.75) is 38.3 Å². The third kappa shape index (κ3) is 6.01.